The van der Waals surface area contributed by atoms with Gasteiger partial charge in [0.15, 0.2) is 0 Å². The average molecular weight is 439 g/mol. The highest BCUT2D eigenvalue weighted by Gasteiger charge is 2.21. The summed E-state index contributed by atoms with van der Waals surface area (Å²) < 4.78 is 11.1. The molecule has 7 nitrogen and oxygen atoms in total. The normalized spacial score (nSPS) is 16.2. The fourth-order valence-corrected chi connectivity index (χ4v) is 3.70. The highest BCUT2D eigenvalue weighted by molar-refractivity contribution is 6.02. The van der Waals surface area contributed by atoms with Gasteiger partial charge in [-0.05, 0) is 74.8 Å². The maximum Gasteiger partial charge on any atom is 0.436 e. The summed E-state index contributed by atoms with van der Waals surface area (Å²) in [4.78, 5) is 26.5. The van der Waals surface area contributed by atoms with Crippen molar-refractivity contribution in [2.45, 2.75) is 58.7 Å². The molecule has 0 saturated carbocycles. The SMILES string of the molecule is CC(C)(C)OC(=O)/N=C(\N)c1ccc(COc2ccc3c(c2)CCC(CC(=O)O)C3)cc1. The van der Waals surface area contributed by atoms with Gasteiger partial charge in [-0.3, -0.25) is 4.79 Å². The quantitative estimate of drug-likeness (QED) is 0.508. The minimum absolute atomic E-state index is 0.0996. The fourth-order valence-electron chi connectivity index (χ4n) is 3.70. The average Bonchev–Trinajstić information content (AvgIpc) is 2.70. The number of amides is 1. The number of benzene rings is 2. The number of fused-ring (bicyclic) bond motifs is 1. The Bertz CT molecular complexity index is 1010. The molecule has 7 heteroatoms. The molecule has 1 amide bonds. The molecule has 3 N–H and O–H groups in total. The summed E-state index contributed by atoms with van der Waals surface area (Å²) in [6.07, 6.45) is 2.06. The van der Waals surface area contributed by atoms with Gasteiger partial charge in [0.2, 0.25) is 0 Å². The largest absolute Gasteiger partial charge is 0.489 e. The molecule has 1 atom stereocenters. The third kappa shape index (κ3) is 6.83. The molecule has 2 aromatic carbocycles. The van der Waals surface area contributed by atoms with Gasteiger partial charge < -0.3 is 20.3 Å². The molecule has 2 aromatic rings. The Morgan fingerprint density at radius 1 is 1.12 bits per heavy atom. The van der Waals surface area contributed by atoms with Crippen LogP contribution in [0.3, 0.4) is 0 Å². The molecular formula is C25H30N2O5. The van der Waals surface area contributed by atoms with Crippen molar-refractivity contribution in [3.63, 3.8) is 0 Å². The summed E-state index contributed by atoms with van der Waals surface area (Å²) in [6.45, 7) is 5.70. The molecule has 0 saturated heterocycles. The van der Waals surface area contributed by atoms with E-state index in [1.807, 2.05) is 30.3 Å². The Kier molecular flexibility index (Phi) is 7.18. The number of aryl methyl sites for hydroxylation is 1. The summed E-state index contributed by atoms with van der Waals surface area (Å²) in [5, 5.41) is 9.01. The third-order valence-electron chi connectivity index (χ3n) is 5.23. The van der Waals surface area contributed by atoms with Crippen molar-refractivity contribution in [2.24, 2.45) is 16.6 Å². The van der Waals surface area contributed by atoms with E-state index in [1.54, 1.807) is 32.9 Å². The highest BCUT2D eigenvalue weighted by Crippen LogP contribution is 2.30. The monoisotopic (exact) mass is 438 g/mol. The summed E-state index contributed by atoms with van der Waals surface area (Å²) in [7, 11) is 0. The molecule has 0 fully saturated rings. The van der Waals surface area contributed by atoms with Crippen LogP contribution in [0.15, 0.2) is 47.5 Å². The molecule has 1 aliphatic carbocycles. The van der Waals surface area contributed by atoms with Crippen molar-refractivity contribution in [3.8, 4) is 5.75 Å². The maximum absolute atomic E-state index is 11.8. The van der Waals surface area contributed by atoms with Gasteiger partial charge in [0, 0.05) is 12.0 Å². The van der Waals surface area contributed by atoms with Crippen LogP contribution in [0.1, 0.15) is 55.9 Å². The van der Waals surface area contributed by atoms with E-state index < -0.39 is 17.7 Å². The molecule has 1 unspecified atom stereocenters. The molecule has 1 aliphatic rings. The smallest absolute Gasteiger partial charge is 0.436 e. The van der Waals surface area contributed by atoms with E-state index in [4.69, 9.17) is 20.3 Å². The van der Waals surface area contributed by atoms with E-state index in [1.165, 1.54) is 11.1 Å². The lowest BCUT2D eigenvalue weighted by atomic mass is 9.82. The van der Waals surface area contributed by atoms with E-state index in [0.29, 0.717) is 12.2 Å². The van der Waals surface area contributed by atoms with Gasteiger partial charge in [0.25, 0.3) is 0 Å². The first kappa shape index (κ1) is 23.3. The molecule has 0 aliphatic heterocycles. The Balaban J connectivity index is 1.57. The number of carboxylic acids is 1. The van der Waals surface area contributed by atoms with Crippen molar-refractivity contribution in [3.05, 3.63) is 64.7 Å². The van der Waals surface area contributed by atoms with E-state index >= 15 is 0 Å². The van der Waals surface area contributed by atoms with Crippen LogP contribution in [-0.4, -0.2) is 28.6 Å². The number of ether oxygens (including phenoxy) is 2. The summed E-state index contributed by atoms with van der Waals surface area (Å²) >= 11 is 0. The van der Waals surface area contributed by atoms with Gasteiger partial charge in [0.1, 0.15) is 23.8 Å². The molecular weight excluding hydrogens is 408 g/mol. The van der Waals surface area contributed by atoms with Crippen LogP contribution in [0.4, 0.5) is 4.79 Å². The van der Waals surface area contributed by atoms with Crippen LogP contribution < -0.4 is 10.5 Å². The van der Waals surface area contributed by atoms with Gasteiger partial charge in [-0.1, -0.05) is 30.3 Å². The summed E-state index contributed by atoms with van der Waals surface area (Å²) in [5.74, 6) is 0.358. The molecule has 0 heterocycles. The Morgan fingerprint density at radius 3 is 2.50 bits per heavy atom. The van der Waals surface area contributed by atoms with Gasteiger partial charge in [0.05, 0.1) is 0 Å². The van der Waals surface area contributed by atoms with Crippen molar-refractivity contribution < 1.29 is 24.2 Å². The van der Waals surface area contributed by atoms with Crippen molar-refractivity contribution in [1.82, 2.24) is 0 Å². The number of carbonyl (C=O) groups is 2. The van der Waals surface area contributed by atoms with E-state index in [-0.39, 0.29) is 18.2 Å². The zero-order valence-corrected chi connectivity index (χ0v) is 18.8. The lowest BCUT2D eigenvalue weighted by Crippen LogP contribution is -2.24. The molecule has 0 bridgehead atoms. The molecule has 170 valence electrons. The van der Waals surface area contributed by atoms with Gasteiger partial charge >= 0.3 is 12.1 Å². The number of rotatable bonds is 6. The standard InChI is InChI=1S/C25H30N2O5/c1-25(2,3)32-24(30)27-23(26)18-7-4-16(5-8-18)15-31-21-11-10-19-12-17(13-22(28)29)6-9-20(19)14-21/h4-5,7-8,10-11,14,17H,6,9,12-13,15H2,1-3H3,(H,28,29)(H2,26,27,30). The van der Waals surface area contributed by atoms with E-state index in [2.05, 4.69) is 4.99 Å². The minimum Gasteiger partial charge on any atom is -0.489 e. The van der Waals surface area contributed by atoms with Crippen LogP contribution in [0.2, 0.25) is 0 Å². The zero-order valence-electron chi connectivity index (χ0n) is 18.8. The van der Waals surface area contributed by atoms with Crippen LogP contribution in [0.5, 0.6) is 5.75 Å². The number of nitrogens with two attached hydrogens (primary N) is 1. The number of aliphatic imine (C=N–C) groups is 1. The van der Waals surface area contributed by atoms with Crippen LogP contribution in [0.25, 0.3) is 0 Å². The zero-order chi connectivity index (χ0) is 23.3. The summed E-state index contributed by atoms with van der Waals surface area (Å²) in [5.41, 5.74) is 9.31. The van der Waals surface area contributed by atoms with Crippen molar-refractivity contribution >= 4 is 17.9 Å². The lowest BCUT2D eigenvalue weighted by molar-refractivity contribution is -0.138. The number of carboxylic acid groups (broad SMARTS) is 1. The Labute approximate surface area is 188 Å². The topological polar surface area (TPSA) is 111 Å². The highest BCUT2D eigenvalue weighted by atomic mass is 16.6. The van der Waals surface area contributed by atoms with E-state index in [9.17, 15) is 9.59 Å². The second kappa shape index (κ2) is 9.85. The van der Waals surface area contributed by atoms with Crippen LogP contribution in [-0.2, 0) is 29.0 Å². The van der Waals surface area contributed by atoms with Crippen molar-refractivity contribution in [2.75, 3.05) is 0 Å². The molecule has 0 aromatic heterocycles. The van der Waals surface area contributed by atoms with Crippen LogP contribution >= 0.6 is 0 Å². The fraction of sp³-hybridized carbons (Fsp3) is 0.400. The summed E-state index contributed by atoms with van der Waals surface area (Å²) in [6, 6.07) is 13.3. The Hall–Kier alpha value is -3.35. The lowest BCUT2D eigenvalue weighted by Gasteiger charge is -2.24. The number of hydrogen-bond donors (Lipinski definition) is 2. The number of amidine groups is 1. The van der Waals surface area contributed by atoms with Gasteiger partial charge in [-0.15, -0.1) is 0 Å². The third-order valence-corrected chi connectivity index (χ3v) is 5.23. The number of nitrogens with zero attached hydrogens (tertiary/aromatic N) is 1. The second-order valence-electron chi connectivity index (χ2n) is 9.10. The number of carbonyl (C=O) groups excluding carboxylic acids is 1. The first-order valence-corrected chi connectivity index (χ1v) is 10.7. The van der Waals surface area contributed by atoms with Gasteiger partial charge in [-0.25, -0.2) is 4.79 Å². The number of hydrogen-bond acceptors (Lipinski definition) is 4. The molecule has 32 heavy (non-hydrogen) atoms. The first-order valence-electron chi connectivity index (χ1n) is 10.7. The maximum atomic E-state index is 11.8. The predicted octanol–water partition coefficient (Wildman–Crippen LogP) is 4.49. The minimum atomic E-state index is -0.734. The Morgan fingerprint density at radius 2 is 1.84 bits per heavy atom. The molecule has 0 spiro atoms. The second-order valence-corrected chi connectivity index (χ2v) is 9.10. The first-order chi connectivity index (χ1) is 15.1. The van der Waals surface area contributed by atoms with Crippen molar-refractivity contribution in [1.29, 1.82) is 0 Å². The number of aliphatic carboxylic acids is 1. The van der Waals surface area contributed by atoms with Crippen LogP contribution in [0, 0.1) is 5.92 Å². The predicted molar refractivity (Wildman–Crippen MR) is 122 cm³/mol. The van der Waals surface area contributed by atoms with Gasteiger partial charge in [-0.2, -0.15) is 4.99 Å². The molecule has 0 radical (unpaired) electrons. The molecule has 3 rings (SSSR count). The van der Waals surface area contributed by atoms with E-state index in [0.717, 1.165) is 30.6 Å².